The Hall–Kier alpha value is -2.38. The van der Waals surface area contributed by atoms with Crippen LogP contribution >= 0.6 is 11.6 Å². The fourth-order valence-corrected chi connectivity index (χ4v) is 2.04. The number of carbonyl (C=O) groups is 1. The van der Waals surface area contributed by atoms with Crippen molar-refractivity contribution in [2.75, 3.05) is 0 Å². The highest BCUT2D eigenvalue weighted by Gasteiger charge is 2.15. The molecule has 0 radical (unpaired) electrons. The predicted octanol–water partition coefficient (Wildman–Crippen LogP) is 3.84. The monoisotopic (exact) mass is 302 g/mol. The molecule has 0 saturated carbocycles. The van der Waals surface area contributed by atoms with Gasteiger partial charge in [0.05, 0.1) is 23.2 Å². The number of hydrogen-bond donors (Lipinski definition) is 1. The van der Waals surface area contributed by atoms with Gasteiger partial charge in [0, 0.05) is 5.02 Å². The molecule has 0 saturated heterocycles. The average Bonchev–Trinajstić information content (AvgIpc) is 2.47. The maximum Gasteiger partial charge on any atom is 0.254 e. The predicted molar refractivity (Wildman–Crippen MR) is 78.4 cm³/mol. The Bertz CT molecular complexity index is 707. The van der Waals surface area contributed by atoms with Crippen molar-refractivity contribution >= 4 is 17.5 Å². The Morgan fingerprint density at radius 1 is 1.29 bits per heavy atom. The van der Waals surface area contributed by atoms with Crippen molar-refractivity contribution in [1.29, 1.82) is 5.26 Å². The van der Waals surface area contributed by atoms with Crippen LogP contribution in [-0.4, -0.2) is 5.91 Å². The standard InChI is InChI=1S/C16H12ClFN2O/c1-10(12-4-2-11(9-19)3-5-12)20-16(21)14-7-6-13(17)8-15(14)18/h2-8,10H,1H3,(H,20,21). The average molecular weight is 303 g/mol. The molecule has 0 heterocycles. The van der Waals surface area contributed by atoms with Crippen molar-refractivity contribution in [1.82, 2.24) is 5.32 Å². The van der Waals surface area contributed by atoms with E-state index in [2.05, 4.69) is 5.32 Å². The molecule has 3 nitrogen and oxygen atoms in total. The van der Waals surface area contributed by atoms with Gasteiger partial charge in [0.2, 0.25) is 0 Å². The molecular weight excluding hydrogens is 291 g/mol. The number of benzene rings is 2. The third kappa shape index (κ3) is 3.59. The Balaban J connectivity index is 2.13. The minimum absolute atomic E-state index is 0.0557. The maximum atomic E-state index is 13.7. The third-order valence-electron chi connectivity index (χ3n) is 3.06. The van der Waals surface area contributed by atoms with Crippen LogP contribution in [0.1, 0.15) is 34.5 Å². The van der Waals surface area contributed by atoms with Crippen molar-refractivity contribution < 1.29 is 9.18 Å². The van der Waals surface area contributed by atoms with Gasteiger partial charge in [0.1, 0.15) is 5.82 Å². The fourth-order valence-electron chi connectivity index (χ4n) is 1.88. The molecule has 0 aromatic heterocycles. The van der Waals surface area contributed by atoms with Gasteiger partial charge in [-0.2, -0.15) is 5.26 Å². The number of nitriles is 1. The number of amides is 1. The zero-order chi connectivity index (χ0) is 15.4. The fraction of sp³-hybridized carbons (Fsp3) is 0.125. The topological polar surface area (TPSA) is 52.9 Å². The van der Waals surface area contributed by atoms with Gasteiger partial charge in [-0.1, -0.05) is 23.7 Å². The molecule has 2 aromatic rings. The number of hydrogen-bond acceptors (Lipinski definition) is 2. The zero-order valence-corrected chi connectivity index (χ0v) is 12.0. The second kappa shape index (κ2) is 6.38. The van der Waals surface area contributed by atoms with E-state index in [1.807, 2.05) is 6.07 Å². The molecular formula is C16H12ClFN2O. The zero-order valence-electron chi connectivity index (χ0n) is 11.2. The molecule has 1 N–H and O–H groups in total. The van der Waals surface area contributed by atoms with Crippen molar-refractivity contribution in [3.63, 3.8) is 0 Å². The Morgan fingerprint density at radius 2 is 1.95 bits per heavy atom. The number of nitrogens with zero attached hydrogens (tertiary/aromatic N) is 1. The van der Waals surface area contributed by atoms with Crippen LogP contribution in [0.15, 0.2) is 42.5 Å². The molecule has 0 aliphatic heterocycles. The number of nitrogens with one attached hydrogen (secondary N) is 1. The van der Waals surface area contributed by atoms with E-state index in [1.165, 1.54) is 12.1 Å². The van der Waals surface area contributed by atoms with E-state index < -0.39 is 11.7 Å². The lowest BCUT2D eigenvalue weighted by Gasteiger charge is -2.14. The highest BCUT2D eigenvalue weighted by atomic mass is 35.5. The van der Waals surface area contributed by atoms with E-state index in [0.29, 0.717) is 5.56 Å². The summed E-state index contributed by atoms with van der Waals surface area (Å²) in [6.07, 6.45) is 0. The molecule has 0 bridgehead atoms. The van der Waals surface area contributed by atoms with Crippen LogP contribution in [0.4, 0.5) is 4.39 Å². The first-order valence-electron chi connectivity index (χ1n) is 6.27. The molecule has 0 spiro atoms. The Kier molecular flexibility index (Phi) is 4.56. The molecule has 106 valence electrons. The van der Waals surface area contributed by atoms with Gasteiger partial charge >= 0.3 is 0 Å². The van der Waals surface area contributed by atoms with Gasteiger partial charge in [-0.05, 0) is 42.8 Å². The second-order valence-corrected chi connectivity index (χ2v) is 4.99. The maximum absolute atomic E-state index is 13.7. The summed E-state index contributed by atoms with van der Waals surface area (Å²) in [6, 6.07) is 12.5. The van der Waals surface area contributed by atoms with E-state index in [1.54, 1.807) is 31.2 Å². The van der Waals surface area contributed by atoms with Crippen molar-refractivity contribution in [3.8, 4) is 6.07 Å². The van der Waals surface area contributed by atoms with Gasteiger partial charge in [-0.25, -0.2) is 4.39 Å². The molecule has 2 rings (SSSR count). The van der Waals surface area contributed by atoms with Crippen LogP contribution in [0.3, 0.4) is 0 Å². The van der Waals surface area contributed by atoms with Crippen LogP contribution in [0.5, 0.6) is 0 Å². The van der Waals surface area contributed by atoms with Crippen molar-refractivity contribution in [2.45, 2.75) is 13.0 Å². The molecule has 21 heavy (non-hydrogen) atoms. The van der Waals surface area contributed by atoms with Crippen LogP contribution in [0, 0.1) is 17.1 Å². The number of rotatable bonds is 3. The molecule has 1 atom stereocenters. The summed E-state index contributed by atoms with van der Waals surface area (Å²) in [7, 11) is 0. The minimum atomic E-state index is -0.660. The lowest BCUT2D eigenvalue weighted by Crippen LogP contribution is -2.27. The summed E-state index contributed by atoms with van der Waals surface area (Å²) in [5.41, 5.74) is 1.32. The van der Waals surface area contributed by atoms with Crippen LogP contribution in [-0.2, 0) is 0 Å². The SMILES string of the molecule is CC(NC(=O)c1ccc(Cl)cc1F)c1ccc(C#N)cc1. The largest absolute Gasteiger partial charge is 0.345 e. The smallest absolute Gasteiger partial charge is 0.254 e. The van der Waals surface area contributed by atoms with E-state index in [0.717, 1.165) is 11.6 Å². The molecule has 0 fully saturated rings. The molecule has 2 aromatic carbocycles. The molecule has 5 heteroatoms. The lowest BCUT2D eigenvalue weighted by molar-refractivity contribution is 0.0936. The second-order valence-electron chi connectivity index (χ2n) is 4.55. The quantitative estimate of drug-likeness (QED) is 0.936. The molecule has 0 aliphatic carbocycles. The molecule has 1 amide bonds. The first-order valence-corrected chi connectivity index (χ1v) is 6.65. The number of halogens is 2. The summed E-state index contributed by atoms with van der Waals surface area (Å²) in [5.74, 6) is -1.17. The van der Waals surface area contributed by atoms with Crippen molar-refractivity contribution in [2.24, 2.45) is 0 Å². The van der Waals surface area contributed by atoms with E-state index in [-0.39, 0.29) is 16.6 Å². The summed E-state index contributed by atoms with van der Waals surface area (Å²) in [5, 5.41) is 11.7. The third-order valence-corrected chi connectivity index (χ3v) is 3.30. The first kappa shape index (κ1) is 15.0. The van der Waals surface area contributed by atoms with E-state index >= 15 is 0 Å². The van der Waals surface area contributed by atoms with Gasteiger partial charge in [-0.15, -0.1) is 0 Å². The number of carbonyl (C=O) groups excluding carboxylic acids is 1. The van der Waals surface area contributed by atoms with Gasteiger partial charge in [0.15, 0.2) is 0 Å². The van der Waals surface area contributed by atoms with Gasteiger partial charge in [-0.3, -0.25) is 4.79 Å². The highest BCUT2D eigenvalue weighted by Crippen LogP contribution is 2.17. The van der Waals surface area contributed by atoms with Gasteiger partial charge in [0.25, 0.3) is 5.91 Å². The highest BCUT2D eigenvalue weighted by molar-refractivity contribution is 6.30. The lowest BCUT2D eigenvalue weighted by atomic mass is 10.1. The summed E-state index contributed by atoms with van der Waals surface area (Å²) in [4.78, 5) is 12.0. The Morgan fingerprint density at radius 3 is 2.52 bits per heavy atom. The summed E-state index contributed by atoms with van der Waals surface area (Å²) < 4.78 is 13.7. The van der Waals surface area contributed by atoms with E-state index in [9.17, 15) is 9.18 Å². The van der Waals surface area contributed by atoms with Crippen LogP contribution in [0.2, 0.25) is 5.02 Å². The first-order chi connectivity index (χ1) is 10.0. The van der Waals surface area contributed by atoms with Crippen molar-refractivity contribution in [3.05, 3.63) is 70.0 Å². The molecule has 0 aliphatic rings. The molecule has 1 unspecified atom stereocenters. The van der Waals surface area contributed by atoms with E-state index in [4.69, 9.17) is 16.9 Å². The Labute approximate surface area is 127 Å². The van der Waals surface area contributed by atoms with Gasteiger partial charge < -0.3 is 5.32 Å². The normalized spacial score (nSPS) is 11.5. The minimum Gasteiger partial charge on any atom is -0.345 e. The summed E-state index contributed by atoms with van der Waals surface area (Å²) in [6.45, 7) is 1.78. The van der Waals surface area contributed by atoms with Crippen LogP contribution in [0.25, 0.3) is 0 Å². The van der Waals surface area contributed by atoms with Crippen LogP contribution < -0.4 is 5.32 Å². The summed E-state index contributed by atoms with van der Waals surface area (Å²) >= 11 is 5.65.